The van der Waals surface area contributed by atoms with Crippen molar-refractivity contribution in [3.63, 3.8) is 0 Å². The SMILES string of the molecule is CCCNC(=O)CCNc1cc(Cl)nc(N)n1. The zero-order chi connectivity index (χ0) is 12.7. The Morgan fingerprint density at radius 3 is 2.88 bits per heavy atom. The summed E-state index contributed by atoms with van der Waals surface area (Å²) in [5, 5.41) is 6.01. The highest BCUT2D eigenvalue weighted by Gasteiger charge is 2.02. The number of carbonyl (C=O) groups is 1. The molecule has 1 aromatic heterocycles. The van der Waals surface area contributed by atoms with Crippen molar-refractivity contribution >= 4 is 29.3 Å². The maximum atomic E-state index is 11.3. The summed E-state index contributed by atoms with van der Waals surface area (Å²) in [4.78, 5) is 19.0. The highest BCUT2D eigenvalue weighted by Crippen LogP contribution is 2.11. The van der Waals surface area contributed by atoms with E-state index in [2.05, 4.69) is 20.6 Å². The van der Waals surface area contributed by atoms with Gasteiger partial charge >= 0.3 is 0 Å². The molecular weight excluding hydrogens is 242 g/mol. The van der Waals surface area contributed by atoms with Gasteiger partial charge in [-0.3, -0.25) is 4.79 Å². The van der Waals surface area contributed by atoms with Crippen LogP contribution in [0.3, 0.4) is 0 Å². The van der Waals surface area contributed by atoms with E-state index in [1.54, 1.807) is 6.07 Å². The van der Waals surface area contributed by atoms with Crippen molar-refractivity contribution in [1.29, 1.82) is 0 Å². The summed E-state index contributed by atoms with van der Waals surface area (Å²) >= 11 is 5.71. The maximum Gasteiger partial charge on any atom is 0.223 e. The minimum absolute atomic E-state index is 0.00692. The number of halogens is 1. The van der Waals surface area contributed by atoms with E-state index in [1.807, 2.05) is 6.92 Å². The number of nitrogen functional groups attached to an aromatic ring is 1. The summed E-state index contributed by atoms with van der Waals surface area (Å²) in [6, 6.07) is 1.56. The van der Waals surface area contributed by atoms with Crippen molar-refractivity contribution in [1.82, 2.24) is 15.3 Å². The molecule has 0 aromatic carbocycles. The first-order chi connectivity index (χ1) is 8.11. The quantitative estimate of drug-likeness (QED) is 0.662. The molecule has 0 saturated carbocycles. The lowest BCUT2D eigenvalue weighted by Gasteiger charge is -2.06. The van der Waals surface area contributed by atoms with E-state index in [4.69, 9.17) is 17.3 Å². The van der Waals surface area contributed by atoms with Crippen molar-refractivity contribution < 1.29 is 4.79 Å². The maximum absolute atomic E-state index is 11.3. The smallest absolute Gasteiger partial charge is 0.223 e. The molecule has 94 valence electrons. The van der Waals surface area contributed by atoms with Gasteiger partial charge in [0.2, 0.25) is 11.9 Å². The third-order valence-electron chi connectivity index (χ3n) is 1.94. The highest BCUT2D eigenvalue weighted by atomic mass is 35.5. The predicted octanol–water partition coefficient (Wildman–Crippen LogP) is 1.04. The zero-order valence-electron chi connectivity index (χ0n) is 9.66. The topological polar surface area (TPSA) is 92.9 Å². The number of rotatable bonds is 6. The molecule has 1 aromatic rings. The van der Waals surface area contributed by atoms with Crippen LogP contribution in [0.15, 0.2) is 6.07 Å². The van der Waals surface area contributed by atoms with E-state index in [0.717, 1.165) is 6.42 Å². The molecule has 1 rings (SSSR count). The summed E-state index contributed by atoms with van der Waals surface area (Å²) < 4.78 is 0. The van der Waals surface area contributed by atoms with Gasteiger partial charge in [-0.2, -0.15) is 4.98 Å². The number of nitrogens with zero attached hydrogens (tertiary/aromatic N) is 2. The van der Waals surface area contributed by atoms with Gasteiger partial charge in [0, 0.05) is 25.6 Å². The van der Waals surface area contributed by atoms with Crippen LogP contribution >= 0.6 is 11.6 Å². The van der Waals surface area contributed by atoms with E-state index < -0.39 is 0 Å². The Bertz CT molecular complexity index is 365. The van der Waals surface area contributed by atoms with E-state index in [-0.39, 0.29) is 17.0 Å². The Morgan fingerprint density at radius 2 is 2.24 bits per heavy atom. The standard InChI is InChI=1S/C10H16ClN5O/c1-2-4-14-9(17)3-5-13-8-6-7(11)15-10(12)16-8/h6H,2-5H2,1H3,(H,14,17)(H3,12,13,15,16). The summed E-state index contributed by atoms with van der Waals surface area (Å²) in [5.41, 5.74) is 5.43. The molecule has 0 saturated heterocycles. The molecule has 7 heteroatoms. The van der Waals surface area contributed by atoms with Crippen LogP contribution in [-0.4, -0.2) is 29.0 Å². The van der Waals surface area contributed by atoms with Crippen LogP contribution in [0.2, 0.25) is 5.15 Å². The molecule has 1 amide bonds. The Hall–Kier alpha value is -1.56. The fourth-order valence-corrected chi connectivity index (χ4v) is 1.37. The largest absolute Gasteiger partial charge is 0.369 e. The normalized spacial score (nSPS) is 10.0. The van der Waals surface area contributed by atoms with Crippen LogP contribution in [0.4, 0.5) is 11.8 Å². The van der Waals surface area contributed by atoms with E-state index in [0.29, 0.717) is 25.3 Å². The third kappa shape index (κ3) is 5.35. The first kappa shape index (κ1) is 13.5. The number of hydrogen-bond donors (Lipinski definition) is 3. The number of hydrogen-bond acceptors (Lipinski definition) is 5. The van der Waals surface area contributed by atoms with E-state index >= 15 is 0 Å². The van der Waals surface area contributed by atoms with Crippen LogP contribution < -0.4 is 16.4 Å². The number of amides is 1. The summed E-state index contributed by atoms with van der Waals surface area (Å²) in [7, 11) is 0. The van der Waals surface area contributed by atoms with Gasteiger partial charge in [0.05, 0.1) is 0 Å². The molecule has 6 nitrogen and oxygen atoms in total. The van der Waals surface area contributed by atoms with Gasteiger partial charge in [0.15, 0.2) is 0 Å². The Balaban J connectivity index is 2.33. The number of anilines is 2. The second-order valence-electron chi connectivity index (χ2n) is 3.46. The molecule has 0 aliphatic carbocycles. The van der Waals surface area contributed by atoms with Crippen molar-refractivity contribution in [3.8, 4) is 0 Å². The van der Waals surface area contributed by atoms with Crippen LogP contribution in [0.1, 0.15) is 19.8 Å². The highest BCUT2D eigenvalue weighted by molar-refractivity contribution is 6.29. The van der Waals surface area contributed by atoms with Gasteiger partial charge in [-0.15, -0.1) is 0 Å². The van der Waals surface area contributed by atoms with Gasteiger partial charge in [0.1, 0.15) is 11.0 Å². The molecule has 0 atom stereocenters. The van der Waals surface area contributed by atoms with E-state index in [1.165, 1.54) is 0 Å². The summed E-state index contributed by atoms with van der Waals surface area (Å²) in [6.45, 7) is 3.18. The molecule has 1 heterocycles. The van der Waals surface area contributed by atoms with Crippen LogP contribution in [0, 0.1) is 0 Å². The minimum atomic E-state index is 0.00692. The van der Waals surface area contributed by atoms with Crippen molar-refractivity contribution in [2.45, 2.75) is 19.8 Å². The molecule has 0 radical (unpaired) electrons. The number of carbonyl (C=O) groups excluding carboxylic acids is 1. The second kappa shape index (κ2) is 6.90. The van der Waals surface area contributed by atoms with Crippen molar-refractivity contribution in [3.05, 3.63) is 11.2 Å². The molecule has 0 aliphatic heterocycles. The first-order valence-electron chi connectivity index (χ1n) is 5.42. The van der Waals surface area contributed by atoms with Crippen molar-refractivity contribution in [2.75, 3.05) is 24.1 Å². The van der Waals surface area contributed by atoms with Gasteiger partial charge in [-0.05, 0) is 6.42 Å². The predicted molar refractivity (Wildman–Crippen MR) is 67.9 cm³/mol. The van der Waals surface area contributed by atoms with Crippen LogP contribution in [0.5, 0.6) is 0 Å². The molecule has 0 fully saturated rings. The van der Waals surface area contributed by atoms with Gasteiger partial charge in [-0.1, -0.05) is 18.5 Å². The number of nitrogens with two attached hydrogens (primary N) is 1. The van der Waals surface area contributed by atoms with Crippen LogP contribution in [0.25, 0.3) is 0 Å². The van der Waals surface area contributed by atoms with Gasteiger partial charge in [0.25, 0.3) is 0 Å². The van der Waals surface area contributed by atoms with Crippen molar-refractivity contribution in [2.24, 2.45) is 0 Å². The average molecular weight is 258 g/mol. The molecule has 0 spiro atoms. The molecule has 0 bridgehead atoms. The minimum Gasteiger partial charge on any atom is -0.369 e. The molecule has 4 N–H and O–H groups in total. The third-order valence-corrected chi connectivity index (χ3v) is 2.14. The molecular formula is C10H16ClN5O. The average Bonchev–Trinajstić information content (AvgIpc) is 2.25. The first-order valence-corrected chi connectivity index (χ1v) is 5.80. The summed E-state index contributed by atoms with van der Waals surface area (Å²) in [5.74, 6) is 0.633. The number of nitrogens with one attached hydrogen (secondary N) is 2. The molecule has 0 aliphatic rings. The van der Waals surface area contributed by atoms with Gasteiger partial charge in [-0.25, -0.2) is 4.98 Å². The lowest BCUT2D eigenvalue weighted by Crippen LogP contribution is -2.26. The van der Waals surface area contributed by atoms with Crippen LogP contribution in [-0.2, 0) is 4.79 Å². The second-order valence-corrected chi connectivity index (χ2v) is 3.85. The summed E-state index contributed by atoms with van der Waals surface area (Å²) in [6.07, 6.45) is 1.30. The number of aromatic nitrogens is 2. The fraction of sp³-hybridized carbons (Fsp3) is 0.500. The monoisotopic (exact) mass is 257 g/mol. The molecule has 17 heavy (non-hydrogen) atoms. The lowest BCUT2D eigenvalue weighted by atomic mass is 10.3. The zero-order valence-corrected chi connectivity index (χ0v) is 10.4. The Labute approximate surface area is 105 Å². The lowest BCUT2D eigenvalue weighted by molar-refractivity contribution is -0.120. The van der Waals surface area contributed by atoms with E-state index in [9.17, 15) is 4.79 Å². The fourth-order valence-electron chi connectivity index (χ4n) is 1.18. The molecule has 0 unspecified atom stereocenters. The van der Waals surface area contributed by atoms with Gasteiger partial charge < -0.3 is 16.4 Å². The Morgan fingerprint density at radius 1 is 1.47 bits per heavy atom. The Kier molecular flexibility index (Phi) is 5.48.